The predicted octanol–water partition coefficient (Wildman–Crippen LogP) is 1.71. The van der Waals surface area contributed by atoms with Crippen molar-refractivity contribution in [3.05, 3.63) is 36.2 Å². The molecule has 3 aromatic heterocycles. The molecule has 33 heavy (non-hydrogen) atoms. The maximum atomic E-state index is 9.72. The minimum atomic E-state index is -0.721. The average Bonchev–Trinajstić information content (AvgIpc) is 3.57. The Morgan fingerprint density at radius 1 is 1.33 bits per heavy atom. The van der Waals surface area contributed by atoms with Gasteiger partial charge in [-0.15, -0.1) is 0 Å². The van der Waals surface area contributed by atoms with E-state index in [0.717, 1.165) is 48.6 Å². The second-order valence-corrected chi connectivity index (χ2v) is 8.54. The molecular weight excluding hydrogens is 420 g/mol. The van der Waals surface area contributed by atoms with E-state index in [1.54, 1.807) is 19.4 Å². The highest BCUT2D eigenvalue weighted by Crippen LogP contribution is 2.35. The van der Waals surface area contributed by atoms with E-state index < -0.39 is 6.10 Å². The molecule has 0 spiro atoms. The molecule has 5 rings (SSSR count). The number of nitrogens with zero attached hydrogens (tertiary/aromatic N) is 8. The lowest BCUT2D eigenvalue weighted by molar-refractivity contribution is 0.194. The lowest BCUT2D eigenvalue weighted by Gasteiger charge is -2.23. The third-order valence-corrected chi connectivity index (χ3v) is 6.42. The maximum Gasteiger partial charge on any atom is 0.171 e. The van der Waals surface area contributed by atoms with E-state index in [2.05, 4.69) is 41.3 Å². The van der Waals surface area contributed by atoms with Gasteiger partial charge in [0.05, 0.1) is 48.4 Å². The van der Waals surface area contributed by atoms with Gasteiger partial charge >= 0.3 is 0 Å². The Morgan fingerprint density at radius 2 is 2.21 bits per heavy atom. The Hall–Kier alpha value is -3.78. The van der Waals surface area contributed by atoms with Crippen LogP contribution in [0, 0.1) is 17.2 Å². The lowest BCUT2D eigenvalue weighted by Crippen LogP contribution is -2.26. The van der Waals surface area contributed by atoms with E-state index in [9.17, 15) is 10.4 Å². The number of hydrogen-bond donors (Lipinski definition) is 3. The fourth-order valence-corrected chi connectivity index (χ4v) is 4.72. The van der Waals surface area contributed by atoms with E-state index in [4.69, 9.17) is 5.73 Å². The predicted molar refractivity (Wildman–Crippen MR) is 122 cm³/mol. The Labute approximate surface area is 191 Å². The zero-order chi connectivity index (χ0) is 22.9. The second kappa shape index (κ2) is 8.63. The molecule has 2 aliphatic rings. The molecule has 5 heterocycles. The van der Waals surface area contributed by atoms with Crippen molar-refractivity contribution in [1.29, 1.82) is 5.26 Å². The van der Waals surface area contributed by atoms with Gasteiger partial charge < -0.3 is 21.1 Å². The van der Waals surface area contributed by atoms with Gasteiger partial charge in [0.25, 0.3) is 0 Å². The number of nitrogen functional groups attached to an aromatic ring is 1. The van der Waals surface area contributed by atoms with Gasteiger partial charge in [0.2, 0.25) is 0 Å². The molecule has 0 bridgehead atoms. The monoisotopic (exact) mass is 446 g/mol. The van der Waals surface area contributed by atoms with Crippen molar-refractivity contribution in [1.82, 2.24) is 29.7 Å². The van der Waals surface area contributed by atoms with Gasteiger partial charge in [-0.25, -0.2) is 19.9 Å². The summed E-state index contributed by atoms with van der Waals surface area (Å²) in [6, 6.07) is 2.25. The van der Waals surface area contributed by atoms with Gasteiger partial charge in [-0.2, -0.15) is 10.4 Å². The first-order chi connectivity index (χ1) is 16.0. The standard InChI is InChI=1S/C22H26N10O/c1-13(33)17-9-26-22(20(24)30-17)31-7-4-14(10-31)18(2-5-23)32-11-15(8-29-32)19-16-3-6-25-21(16)28-12-27-19/h8-9,11-14,18,33H,2-4,6-7,10H2,1H3,(H2,24,30)(H,25,27,28)/t13?,14-,18-/m0/s1. The van der Waals surface area contributed by atoms with Crippen LogP contribution in [0.2, 0.25) is 0 Å². The fourth-order valence-electron chi connectivity index (χ4n) is 4.72. The fraction of sp³-hybridized carbons (Fsp3) is 0.455. The van der Waals surface area contributed by atoms with Gasteiger partial charge in [-0.1, -0.05) is 0 Å². The zero-order valence-corrected chi connectivity index (χ0v) is 18.4. The van der Waals surface area contributed by atoms with Crippen molar-refractivity contribution in [2.24, 2.45) is 5.92 Å². The first kappa shape index (κ1) is 21.1. The van der Waals surface area contributed by atoms with E-state index in [1.165, 1.54) is 0 Å². The molecule has 3 atom stereocenters. The number of nitrogens with two attached hydrogens (primary N) is 1. The molecule has 1 fully saturated rings. The van der Waals surface area contributed by atoms with Crippen LogP contribution in [-0.4, -0.2) is 54.5 Å². The van der Waals surface area contributed by atoms with Crippen LogP contribution in [0.15, 0.2) is 24.9 Å². The molecule has 4 N–H and O–H groups in total. The molecule has 3 aromatic rings. The van der Waals surface area contributed by atoms with Crippen LogP contribution in [0.25, 0.3) is 11.3 Å². The Bertz CT molecular complexity index is 1200. The summed E-state index contributed by atoms with van der Waals surface area (Å²) in [5.41, 5.74) is 9.50. The molecule has 0 radical (unpaired) electrons. The summed E-state index contributed by atoms with van der Waals surface area (Å²) in [6.45, 7) is 3.94. The number of rotatable bonds is 6. The summed E-state index contributed by atoms with van der Waals surface area (Å²) in [5.74, 6) is 2.00. The van der Waals surface area contributed by atoms with Gasteiger partial charge in [0, 0.05) is 42.9 Å². The summed E-state index contributed by atoms with van der Waals surface area (Å²) >= 11 is 0. The van der Waals surface area contributed by atoms with Crippen LogP contribution in [0.5, 0.6) is 0 Å². The molecule has 1 unspecified atom stereocenters. The van der Waals surface area contributed by atoms with Gasteiger partial charge in [-0.05, 0) is 19.8 Å². The van der Waals surface area contributed by atoms with Crippen molar-refractivity contribution in [2.75, 3.05) is 35.6 Å². The second-order valence-electron chi connectivity index (χ2n) is 8.54. The highest BCUT2D eigenvalue weighted by atomic mass is 16.3. The lowest BCUT2D eigenvalue weighted by atomic mass is 9.96. The minimum Gasteiger partial charge on any atom is -0.387 e. The van der Waals surface area contributed by atoms with Crippen LogP contribution >= 0.6 is 0 Å². The van der Waals surface area contributed by atoms with Gasteiger partial charge in [0.15, 0.2) is 11.6 Å². The smallest absolute Gasteiger partial charge is 0.171 e. The third kappa shape index (κ3) is 3.93. The molecule has 11 nitrogen and oxygen atoms in total. The summed E-state index contributed by atoms with van der Waals surface area (Å²) < 4.78 is 1.90. The molecule has 0 aromatic carbocycles. The molecule has 0 saturated carbocycles. The number of aliphatic hydroxyl groups excluding tert-OH is 1. The number of aliphatic hydroxyl groups is 1. The normalized spacial score (nSPS) is 19.1. The van der Waals surface area contributed by atoms with Crippen LogP contribution in [-0.2, 0) is 6.42 Å². The highest BCUT2D eigenvalue weighted by molar-refractivity contribution is 5.69. The van der Waals surface area contributed by atoms with E-state index in [0.29, 0.717) is 30.3 Å². The number of nitrogens with one attached hydrogen (secondary N) is 1. The van der Waals surface area contributed by atoms with Crippen LogP contribution in [0.3, 0.4) is 0 Å². The van der Waals surface area contributed by atoms with E-state index in [-0.39, 0.29) is 12.0 Å². The molecule has 1 saturated heterocycles. The maximum absolute atomic E-state index is 9.72. The topological polar surface area (TPSA) is 155 Å². The van der Waals surface area contributed by atoms with E-state index in [1.807, 2.05) is 17.1 Å². The molecule has 11 heteroatoms. The van der Waals surface area contributed by atoms with E-state index >= 15 is 0 Å². The van der Waals surface area contributed by atoms with Crippen molar-refractivity contribution >= 4 is 17.5 Å². The molecule has 2 aliphatic heterocycles. The first-order valence-corrected chi connectivity index (χ1v) is 11.1. The summed E-state index contributed by atoms with van der Waals surface area (Å²) in [4.78, 5) is 19.6. The van der Waals surface area contributed by atoms with Crippen molar-refractivity contribution in [3.63, 3.8) is 0 Å². The van der Waals surface area contributed by atoms with Crippen LogP contribution in [0.4, 0.5) is 17.5 Å². The third-order valence-electron chi connectivity index (χ3n) is 6.42. The number of anilines is 3. The number of fused-ring (bicyclic) bond motifs is 1. The number of hydrogen-bond acceptors (Lipinski definition) is 10. The highest BCUT2D eigenvalue weighted by Gasteiger charge is 2.33. The largest absolute Gasteiger partial charge is 0.387 e. The van der Waals surface area contributed by atoms with Crippen molar-refractivity contribution in [3.8, 4) is 17.3 Å². The summed E-state index contributed by atoms with van der Waals surface area (Å²) in [5, 5.41) is 27.1. The van der Waals surface area contributed by atoms with Crippen LogP contribution in [0.1, 0.15) is 43.2 Å². The summed E-state index contributed by atoms with van der Waals surface area (Å²) in [6.07, 6.45) is 8.32. The minimum absolute atomic E-state index is 0.0762. The summed E-state index contributed by atoms with van der Waals surface area (Å²) in [7, 11) is 0. The number of aromatic nitrogens is 6. The molecule has 0 aliphatic carbocycles. The number of nitriles is 1. The van der Waals surface area contributed by atoms with Crippen LogP contribution < -0.4 is 16.0 Å². The average molecular weight is 447 g/mol. The SMILES string of the molecule is CC(O)c1cnc(N2CC[C@H]([C@H](CC#N)n3cc(-c4ncnc5c4CCN5)cn3)C2)c(N)n1. The first-order valence-electron chi connectivity index (χ1n) is 11.1. The molecule has 0 amide bonds. The van der Waals surface area contributed by atoms with Crippen molar-refractivity contribution in [2.45, 2.75) is 38.3 Å². The Balaban J connectivity index is 1.37. The Kier molecular flexibility index (Phi) is 5.51. The molecule has 170 valence electrons. The van der Waals surface area contributed by atoms with Gasteiger partial charge in [0.1, 0.15) is 12.1 Å². The van der Waals surface area contributed by atoms with Gasteiger partial charge in [-0.3, -0.25) is 4.68 Å². The zero-order valence-electron chi connectivity index (χ0n) is 18.4. The quantitative estimate of drug-likeness (QED) is 0.509. The molecular formula is C22H26N10O. The van der Waals surface area contributed by atoms with Crippen molar-refractivity contribution < 1.29 is 5.11 Å². The Morgan fingerprint density at radius 3 is 3.00 bits per heavy atom.